The molecule has 1 N–H and O–H groups in total. The van der Waals surface area contributed by atoms with Gasteiger partial charge in [-0.05, 0) is 38.8 Å². The predicted octanol–water partition coefficient (Wildman–Crippen LogP) is 2.99. The van der Waals surface area contributed by atoms with Crippen LogP contribution >= 0.6 is 0 Å². The Morgan fingerprint density at radius 1 is 1.39 bits per heavy atom. The van der Waals surface area contributed by atoms with Gasteiger partial charge in [-0.15, -0.1) is 0 Å². The molecule has 1 aromatic heterocycles. The molecule has 1 aromatic rings. The Morgan fingerprint density at radius 2 is 2.11 bits per heavy atom. The molecule has 0 aliphatic heterocycles. The van der Waals surface area contributed by atoms with E-state index in [0.717, 1.165) is 6.54 Å². The molecular formula is C15H25N3. The molecule has 1 heterocycles. The molecule has 0 saturated heterocycles. The van der Waals surface area contributed by atoms with E-state index in [1.807, 2.05) is 19.3 Å². The molecule has 3 nitrogen and oxygen atoms in total. The second-order valence-electron chi connectivity index (χ2n) is 5.70. The first-order chi connectivity index (χ1) is 8.63. The Hall–Kier alpha value is -1.09. The number of aromatic nitrogens is 1. The Labute approximate surface area is 111 Å². The van der Waals surface area contributed by atoms with Crippen LogP contribution in [0.3, 0.4) is 0 Å². The van der Waals surface area contributed by atoms with Crippen molar-refractivity contribution in [3.63, 3.8) is 0 Å². The number of rotatable bonds is 6. The van der Waals surface area contributed by atoms with Gasteiger partial charge in [0.1, 0.15) is 5.82 Å². The fourth-order valence-electron chi connectivity index (χ4n) is 2.33. The maximum Gasteiger partial charge on any atom is 0.133 e. The zero-order valence-electron chi connectivity index (χ0n) is 12.0. The summed E-state index contributed by atoms with van der Waals surface area (Å²) in [7, 11) is 2.01. The molecule has 1 aliphatic rings. The molecule has 0 bridgehead atoms. The number of hydrogen-bond donors (Lipinski definition) is 1. The molecular weight excluding hydrogens is 222 g/mol. The quantitative estimate of drug-likeness (QED) is 0.837. The van der Waals surface area contributed by atoms with Gasteiger partial charge in [-0.2, -0.15) is 0 Å². The largest absolute Gasteiger partial charge is 0.353 e. The average Bonchev–Trinajstić information content (AvgIpc) is 3.19. The van der Waals surface area contributed by atoms with Crippen molar-refractivity contribution in [2.24, 2.45) is 5.92 Å². The molecule has 18 heavy (non-hydrogen) atoms. The Bertz CT molecular complexity index is 385. The van der Waals surface area contributed by atoms with Crippen molar-refractivity contribution in [2.45, 2.75) is 45.7 Å². The van der Waals surface area contributed by atoms with Gasteiger partial charge in [0.25, 0.3) is 0 Å². The molecule has 0 aromatic carbocycles. The zero-order valence-corrected chi connectivity index (χ0v) is 12.0. The highest BCUT2D eigenvalue weighted by atomic mass is 15.2. The van der Waals surface area contributed by atoms with Gasteiger partial charge in [0.2, 0.25) is 0 Å². The van der Waals surface area contributed by atoms with Crippen molar-refractivity contribution in [3.05, 3.63) is 23.9 Å². The molecule has 2 rings (SSSR count). The van der Waals surface area contributed by atoms with Crippen LogP contribution in [0.25, 0.3) is 0 Å². The number of pyridine rings is 1. The molecule has 0 spiro atoms. The molecule has 3 heteroatoms. The van der Waals surface area contributed by atoms with Gasteiger partial charge >= 0.3 is 0 Å². The van der Waals surface area contributed by atoms with E-state index >= 15 is 0 Å². The highest BCUT2D eigenvalue weighted by Crippen LogP contribution is 2.34. The van der Waals surface area contributed by atoms with Crippen LogP contribution < -0.4 is 10.2 Å². The van der Waals surface area contributed by atoms with E-state index in [1.165, 1.54) is 24.2 Å². The first kappa shape index (κ1) is 13.3. The summed E-state index contributed by atoms with van der Waals surface area (Å²) in [4.78, 5) is 7.16. The van der Waals surface area contributed by atoms with E-state index in [9.17, 15) is 0 Å². The van der Waals surface area contributed by atoms with Gasteiger partial charge in [0, 0.05) is 30.4 Å². The Kier molecular flexibility index (Phi) is 4.23. The minimum Gasteiger partial charge on any atom is -0.353 e. The Morgan fingerprint density at radius 3 is 2.67 bits per heavy atom. The van der Waals surface area contributed by atoms with Crippen molar-refractivity contribution >= 4 is 5.82 Å². The van der Waals surface area contributed by atoms with E-state index < -0.39 is 0 Å². The smallest absolute Gasteiger partial charge is 0.133 e. The van der Waals surface area contributed by atoms with Gasteiger partial charge in [0.15, 0.2) is 0 Å². The standard InChI is InChI=1S/C15H25N3/c1-11(2)10-18(13-7-8-13)15-14(12(3)16-4)6-5-9-17-15/h5-6,9,11-13,16H,7-8,10H2,1-4H3. The number of nitrogens with zero attached hydrogens (tertiary/aromatic N) is 2. The lowest BCUT2D eigenvalue weighted by Gasteiger charge is -2.29. The van der Waals surface area contributed by atoms with Gasteiger partial charge in [-0.1, -0.05) is 19.9 Å². The van der Waals surface area contributed by atoms with E-state index in [0.29, 0.717) is 18.0 Å². The first-order valence-corrected chi connectivity index (χ1v) is 7.02. The third-order valence-corrected chi connectivity index (χ3v) is 3.54. The molecule has 0 amide bonds. The third-order valence-electron chi connectivity index (χ3n) is 3.54. The molecule has 1 saturated carbocycles. The fourth-order valence-corrected chi connectivity index (χ4v) is 2.33. The summed E-state index contributed by atoms with van der Waals surface area (Å²) >= 11 is 0. The highest BCUT2D eigenvalue weighted by molar-refractivity contribution is 5.50. The van der Waals surface area contributed by atoms with Crippen molar-refractivity contribution in [1.29, 1.82) is 0 Å². The van der Waals surface area contributed by atoms with Crippen LogP contribution in [0.15, 0.2) is 18.3 Å². The maximum absolute atomic E-state index is 4.65. The second-order valence-corrected chi connectivity index (χ2v) is 5.70. The van der Waals surface area contributed by atoms with E-state index in [-0.39, 0.29) is 0 Å². The summed E-state index contributed by atoms with van der Waals surface area (Å²) in [6.45, 7) is 7.85. The molecule has 100 valence electrons. The maximum atomic E-state index is 4.65. The van der Waals surface area contributed by atoms with Crippen molar-refractivity contribution in [3.8, 4) is 0 Å². The molecule has 1 aliphatic carbocycles. The van der Waals surface area contributed by atoms with Gasteiger partial charge in [-0.25, -0.2) is 4.98 Å². The van der Waals surface area contributed by atoms with Gasteiger partial charge in [0.05, 0.1) is 0 Å². The van der Waals surface area contributed by atoms with Crippen LogP contribution in [-0.2, 0) is 0 Å². The lowest BCUT2D eigenvalue weighted by atomic mass is 10.1. The fraction of sp³-hybridized carbons (Fsp3) is 0.667. The highest BCUT2D eigenvalue weighted by Gasteiger charge is 2.31. The summed E-state index contributed by atoms with van der Waals surface area (Å²) < 4.78 is 0. The topological polar surface area (TPSA) is 28.2 Å². The van der Waals surface area contributed by atoms with E-state index in [1.54, 1.807) is 0 Å². The average molecular weight is 247 g/mol. The Balaban J connectivity index is 2.28. The van der Waals surface area contributed by atoms with Crippen molar-refractivity contribution < 1.29 is 0 Å². The molecule has 0 radical (unpaired) electrons. The lowest BCUT2D eigenvalue weighted by molar-refractivity contribution is 0.590. The summed E-state index contributed by atoms with van der Waals surface area (Å²) in [5.74, 6) is 1.85. The van der Waals surface area contributed by atoms with Crippen molar-refractivity contribution in [1.82, 2.24) is 10.3 Å². The summed E-state index contributed by atoms with van der Waals surface area (Å²) in [5, 5.41) is 3.32. The third kappa shape index (κ3) is 3.02. The minimum absolute atomic E-state index is 0.349. The lowest BCUT2D eigenvalue weighted by Crippen LogP contribution is -2.32. The van der Waals surface area contributed by atoms with Gasteiger partial charge < -0.3 is 10.2 Å². The van der Waals surface area contributed by atoms with Crippen LogP contribution in [0.2, 0.25) is 0 Å². The van der Waals surface area contributed by atoms with Gasteiger partial charge in [-0.3, -0.25) is 0 Å². The molecule has 1 atom stereocenters. The van der Waals surface area contributed by atoms with Crippen LogP contribution in [-0.4, -0.2) is 24.6 Å². The first-order valence-electron chi connectivity index (χ1n) is 7.02. The zero-order chi connectivity index (χ0) is 13.1. The van der Waals surface area contributed by atoms with Crippen LogP contribution in [0.1, 0.15) is 45.2 Å². The monoisotopic (exact) mass is 247 g/mol. The van der Waals surface area contributed by atoms with Crippen LogP contribution in [0.4, 0.5) is 5.82 Å². The van der Waals surface area contributed by atoms with Crippen LogP contribution in [0, 0.1) is 5.92 Å². The molecule has 1 fully saturated rings. The van der Waals surface area contributed by atoms with E-state index in [4.69, 9.17) is 0 Å². The van der Waals surface area contributed by atoms with E-state index in [2.05, 4.69) is 42.0 Å². The second kappa shape index (κ2) is 5.70. The SMILES string of the molecule is CNC(C)c1cccnc1N(CC(C)C)C1CC1. The van der Waals surface area contributed by atoms with Crippen LogP contribution in [0.5, 0.6) is 0 Å². The minimum atomic E-state index is 0.349. The number of nitrogens with one attached hydrogen (secondary N) is 1. The summed E-state index contributed by atoms with van der Waals surface area (Å²) in [6.07, 6.45) is 4.55. The number of anilines is 1. The number of hydrogen-bond acceptors (Lipinski definition) is 3. The predicted molar refractivity (Wildman–Crippen MR) is 76.9 cm³/mol. The van der Waals surface area contributed by atoms with Crippen molar-refractivity contribution in [2.75, 3.05) is 18.5 Å². The summed E-state index contributed by atoms with van der Waals surface area (Å²) in [6, 6.07) is 5.29. The molecule has 1 unspecified atom stereocenters. The summed E-state index contributed by atoms with van der Waals surface area (Å²) in [5.41, 5.74) is 1.31. The normalized spacial score (nSPS) is 16.9.